The van der Waals surface area contributed by atoms with Gasteiger partial charge < -0.3 is 5.11 Å². The number of allylic oxidation sites excluding steroid dienone is 2. The molecule has 0 aromatic heterocycles. The van der Waals surface area contributed by atoms with Gasteiger partial charge in [0, 0.05) is 6.42 Å². The SMILES string of the molecule is CCCCCCSC[C@@H]1CSC[C@@H]1C/C=C\CCCC(=O)O. The van der Waals surface area contributed by atoms with E-state index < -0.39 is 5.97 Å². The molecule has 1 fully saturated rings. The topological polar surface area (TPSA) is 37.3 Å². The predicted molar refractivity (Wildman–Crippen MR) is 101 cm³/mol. The van der Waals surface area contributed by atoms with Crippen LogP contribution in [-0.4, -0.2) is 34.1 Å². The minimum atomic E-state index is -0.684. The van der Waals surface area contributed by atoms with Crippen LogP contribution in [-0.2, 0) is 4.79 Å². The van der Waals surface area contributed by atoms with Crippen molar-refractivity contribution in [3.05, 3.63) is 12.2 Å². The molecule has 22 heavy (non-hydrogen) atoms. The van der Waals surface area contributed by atoms with Crippen LogP contribution in [0.1, 0.15) is 58.3 Å². The lowest BCUT2D eigenvalue weighted by atomic mass is 9.94. The second kappa shape index (κ2) is 13.4. The monoisotopic (exact) mass is 344 g/mol. The lowest BCUT2D eigenvalue weighted by molar-refractivity contribution is -0.137. The molecule has 0 saturated carbocycles. The van der Waals surface area contributed by atoms with Crippen LogP contribution in [0.4, 0.5) is 0 Å². The molecule has 1 heterocycles. The first-order valence-electron chi connectivity index (χ1n) is 8.76. The molecule has 1 rings (SSSR count). The largest absolute Gasteiger partial charge is 0.481 e. The Morgan fingerprint density at radius 3 is 2.77 bits per heavy atom. The summed E-state index contributed by atoms with van der Waals surface area (Å²) in [7, 11) is 0. The average Bonchev–Trinajstić information content (AvgIpc) is 2.93. The average molecular weight is 345 g/mol. The van der Waals surface area contributed by atoms with Crippen LogP contribution in [0.5, 0.6) is 0 Å². The van der Waals surface area contributed by atoms with E-state index in [-0.39, 0.29) is 0 Å². The Labute approximate surface area is 144 Å². The van der Waals surface area contributed by atoms with Crippen molar-refractivity contribution in [3.8, 4) is 0 Å². The van der Waals surface area contributed by atoms with Crippen LogP contribution in [0, 0.1) is 11.8 Å². The van der Waals surface area contributed by atoms with Crippen LogP contribution in [0.15, 0.2) is 12.2 Å². The Kier molecular flexibility index (Phi) is 12.1. The number of hydrogen-bond acceptors (Lipinski definition) is 3. The first-order valence-corrected chi connectivity index (χ1v) is 11.1. The number of thioether (sulfide) groups is 2. The highest BCUT2D eigenvalue weighted by atomic mass is 32.2. The molecule has 0 bridgehead atoms. The van der Waals surface area contributed by atoms with Gasteiger partial charge in [0.1, 0.15) is 0 Å². The minimum absolute atomic E-state index is 0.293. The maximum atomic E-state index is 10.4. The van der Waals surface area contributed by atoms with Crippen molar-refractivity contribution in [2.24, 2.45) is 11.8 Å². The molecule has 1 aliphatic rings. The second-order valence-corrected chi connectivity index (χ2v) is 8.41. The van der Waals surface area contributed by atoms with Gasteiger partial charge in [-0.3, -0.25) is 4.79 Å². The second-order valence-electron chi connectivity index (χ2n) is 6.19. The van der Waals surface area contributed by atoms with Crippen LogP contribution >= 0.6 is 23.5 Å². The maximum absolute atomic E-state index is 10.4. The molecule has 2 nitrogen and oxygen atoms in total. The highest BCUT2D eigenvalue weighted by Crippen LogP contribution is 2.34. The van der Waals surface area contributed by atoms with Gasteiger partial charge in [0.2, 0.25) is 0 Å². The van der Waals surface area contributed by atoms with Gasteiger partial charge in [-0.25, -0.2) is 0 Å². The Morgan fingerprint density at radius 2 is 2.00 bits per heavy atom. The third-order valence-corrected chi connectivity index (χ3v) is 6.74. The standard InChI is InChI=1S/C18H32O2S2/c1-2-3-4-9-12-21-14-17-15-22-13-16(17)10-7-5-6-8-11-18(19)20/h5,7,16-17H,2-4,6,8-15H2,1H3,(H,19,20)/b7-5-/t16-,17+/m0/s1. The fourth-order valence-corrected chi connectivity index (χ4v) is 5.67. The Balaban J connectivity index is 2.07. The summed E-state index contributed by atoms with van der Waals surface area (Å²) in [5.41, 5.74) is 0. The summed E-state index contributed by atoms with van der Waals surface area (Å²) < 4.78 is 0. The fourth-order valence-electron chi connectivity index (χ4n) is 2.71. The molecule has 0 spiro atoms. The van der Waals surface area contributed by atoms with Gasteiger partial charge in [-0.05, 0) is 60.5 Å². The van der Waals surface area contributed by atoms with Crippen LogP contribution in [0.3, 0.4) is 0 Å². The molecule has 1 aliphatic heterocycles. The molecule has 0 radical (unpaired) electrons. The molecule has 0 aromatic rings. The van der Waals surface area contributed by atoms with Gasteiger partial charge in [0.05, 0.1) is 0 Å². The number of hydrogen-bond donors (Lipinski definition) is 1. The van der Waals surface area contributed by atoms with E-state index in [1.165, 1.54) is 55.1 Å². The number of unbranched alkanes of at least 4 members (excludes halogenated alkanes) is 4. The third kappa shape index (κ3) is 9.83. The zero-order valence-corrected chi connectivity index (χ0v) is 15.6. The number of carbonyl (C=O) groups is 1. The van der Waals surface area contributed by atoms with Crippen LogP contribution < -0.4 is 0 Å². The van der Waals surface area contributed by atoms with Gasteiger partial charge in [-0.1, -0.05) is 38.3 Å². The molecule has 0 unspecified atom stereocenters. The van der Waals surface area contributed by atoms with Crippen LogP contribution in [0.25, 0.3) is 0 Å². The molecule has 2 atom stereocenters. The quantitative estimate of drug-likeness (QED) is 0.354. The molecule has 1 saturated heterocycles. The Morgan fingerprint density at radius 1 is 1.18 bits per heavy atom. The summed E-state index contributed by atoms with van der Waals surface area (Å²) in [5, 5.41) is 8.60. The van der Waals surface area contributed by atoms with E-state index >= 15 is 0 Å². The fraction of sp³-hybridized carbons (Fsp3) is 0.833. The highest BCUT2D eigenvalue weighted by Gasteiger charge is 2.26. The number of carboxylic acid groups (broad SMARTS) is 1. The molecular formula is C18H32O2S2. The van der Waals surface area contributed by atoms with Crippen molar-refractivity contribution in [2.45, 2.75) is 58.3 Å². The summed E-state index contributed by atoms with van der Waals surface area (Å²) in [6.07, 6.45) is 13.1. The predicted octanol–water partition coefficient (Wildman–Crippen LogP) is 5.48. The first-order chi connectivity index (χ1) is 10.7. The van der Waals surface area contributed by atoms with E-state index in [1.54, 1.807) is 0 Å². The van der Waals surface area contributed by atoms with Crippen molar-refractivity contribution in [3.63, 3.8) is 0 Å². The van der Waals surface area contributed by atoms with Gasteiger partial charge >= 0.3 is 5.97 Å². The Bertz CT molecular complexity index is 318. The molecule has 0 aliphatic carbocycles. The highest BCUT2D eigenvalue weighted by molar-refractivity contribution is 8.00. The summed E-state index contributed by atoms with van der Waals surface area (Å²) in [6, 6.07) is 0. The van der Waals surface area contributed by atoms with Crippen molar-refractivity contribution in [1.82, 2.24) is 0 Å². The third-order valence-electron chi connectivity index (χ3n) is 4.17. The normalized spacial score (nSPS) is 21.7. The summed E-state index contributed by atoms with van der Waals surface area (Å²) in [5.74, 6) is 6.33. The lowest BCUT2D eigenvalue weighted by Gasteiger charge is -2.16. The zero-order chi connectivity index (χ0) is 16.0. The summed E-state index contributed by atoms with van der Waals surface area (Å²) >= 11 is 4.26. The van der Waals surface area contributed by atoms with Gasteiger partial charge in [0.15, 0.2) is 0 Å². The molecular weight excluding hydrogens is 312 g/mol. The van der Waals surface area contributed by atoms with Crippen molar-refractivity contribution < 1.29 is 9.90 Å². The van der Waals surface area contributed by atoms with Gasteiger partial charge in [0.25, 0.3) is 0 Å². The number of aliphatic carboxylic acids is 1. The van der Waals surface area contributed by atoms with E-state index in [9.17, 15) is 4.79 Å². The van der Waals surface area contributed by atoms with E-state index in [4.69, 9.17) is 5.11 Å². The maximum Gasteiger partial charge on any atom is 0.303 e. The number of rotatable bonds is 13. The zero-order valence-electron chi connectivity index (χ0n) is 14.0. The minimum Gasteiger partial charge on any atom is -0.481 e. The first kappa shape index (κ1) is 20.0. The molecule has 0 amide bonds. The van der Waals surface area contributed by atoms with Crippen molar-refractivity contribution in [2.75, 3.05) is 23.0 Å². The molecule has 4 heteroatoms. The summed E-state index contributed by atoms with van der Waals surface area (Å²) in [6.45, 7) is 2.27. The van der Waals surface area contributed by atoms with Gasteiger partial charge in [-0.15, -0.1) is 0 Å². The van der Waals surface area contributed by atoms with Crippen molar-refractivity contribution in [1.29, 1.82) is 0 Å². The smallest absolute Gasteiger partial charge is 0.303 e. The molecule has 0 aromatic carbocycles. The van der Waals surface area contributed by atoms with E-state index in [2.05, 4.69) is 42.6 Å². The lowest BCUT2D eigenvalue weighted by Crippen LogP contribution is -2.14. The van der Waals surface area contributed by atoms with E-state index in [0.717, 1.165) is 24.7 Å². The van der Waals surface area contributed by atoms with Crippen LogP contribution in [0.2, 0.25) is 0 Å². The molecule has 128 valence electrons. The van der Waals surface area contributed by atoms with Gasteiger partial charge in [-0.2, -0.15) is 23.5 Å². The van der Waals surface area contributed by atoms with E-state index in [0.29, 0.717) is 6.42 Å². The van der Waals surface area contributed by atoms with Crippen molar-refractivity contribution >= 4 is 29.5 Å². The molecule has 1 N–H and O–H groups in total. The summed E-state index contributed by atoms with van der Waals surface area (Å²) in [4.78, 5) is 10.4. The van der Waals surface area contributed by atoms with E-state index in [1.807, 2.05) is 0 Å². The Hall–Kier alpha value is -0.0900. The number of carboxylic acids is 1.